The first-order valence-corrected chi connectivity index (χ1v) is 9.98. The molecular formula is C21H28N4O2. The molecule has 1 aliphatic heterocycles. The Balaban J connectivity index is 1.37. The Kier molecular flexibility index (Phi) is 5.55. The van der Waals surface area contributed by atoms with E-state index in [0.29, 0.717) is 24.9 Å². The Bertz CT molecular complexity index is 801. The van der Waals surface area contributed by atoms with Gasteiger partial charge in [0.1, 0.15) is 0 Å². The first kappa shape index (κ1) is 18.2. The summed E-state index contributed by atoms with van der Waals surface area (Å²) in [6.45, 7) is 4.48. The Hall–Kier alpha value is -2.18. The quantitative estimate of drug-likeness (QED) is 0.756. The van der Waals surface area contributed by atoms with Crippen LogP contribution in [0.1, 0.15) is 59.9 Å². The van der Waals surface area contributed by atoms with E-state index in [1.54, 1.807) is 0 Å². The molecule has 2 atom stereocenters. The van der Waals surface area contributed by atoms with Crippen LogP contribution in [0.4, 0.5) is 5.69 Å². The molecule has 1 fully saturated rings. The van der Waals surface area contributed by atoms with Crippen molar-refractivity contribution >= 4 is 11.6 Å². The van der Waals surface area contributed by atoms with E-state index in [0.717, 1.165) is 54.2 Å². The zero-order valence-electron chi connectivity index (χ0n) is 15.9. The second-order valence-corrected chi connectivity index (χ2v) is 7.82. The van der Waals surface area contributed by atoms with Gasteiger partial charge in [-0.3, -0.25) is 9.89 Å². The number of H-pyrrole nitrogens is 1. The molecule has 1 aromatic carbocycles. The Morgan fingerprint density at radius 3 is 3.19 bits per heavy atom. The van der Waals surface area contributed by atoms with Crippen molar-refractivity contribution in [3.63, 3.8) is 0 Å². The van der Waals surface area contributed by atoms with Crippen molar-refractivity contribution in [3.8, 4) is 0 Å². The monoisotopic (exact) mass is 368 g/mol. The van der Waals surface area contributed by atoms with Crippen LogP contribution in [0.15, 0.2) is 24.3 Å². The van der Waals surface area contributed by atoms with Gasteiger partial charge in [0.25, 0.3) is 5.91 Å². The van der Waals surface area contributed by atoms with E-state index < -0.39 is 0 Å². The number of carbonyl (C=O) groups excluding carboxylic acids is 1. The van der Waals surface area contributed by atoms with Gasteiger partial charge in [0.05, 0.1) is 12.7 Å². The molecule has 0 saturated heterocycles. The molecule has 1 saturated carbocycles. The van der Waals surface area contributed by atoms with Crippen LogP contribution in [0.5, 0.6) is 0 Å². The molecule has 6 heteroatoms. The van der Waals surface area contributed by atoms with E-state index in [9.17, 15) is 4.79 Å². The predicted octanol–water partition coefficient (Wildman–Crippen LogP) is 3.40. The lowest BCUT2D eigenvalue weighted by Crippen LogP contribution is -2.25. The summed E-state index contributed by atoms with van der Waals surface area (Å²) in [7, 11) is 0. The first-order valence-electron chi connectivity index (χ1n) is 9.98. The van der Waals surface area contributed by atoms with Gasteiger partial charge in [0.2, 0.25) is 0 Å². The fraction of sp³-hybridized carbons (Fsp3) is 0.524. The number of amides is 1. The Morgan fingerprint density at radius 2 is 2.30 bits per heavy atom. The third-order valence-electron chi connectivity index (χ3n) is 5.58. The molecule has 2 aromatic rings. The lowest BCUT2D eigenvalue weighted by Gasteiger charge is -2.26. The number of ether oxygens (including phenoxy) is 1. The summed E-state index contributed by atoms with van der Waals surface area (Å²) in [5.41, 5.74) is 4.37. The highest BCUT2D eigenvalue weighted by Gasteiger charge is 2.22. The zero-order chi connectivity index (χ0) is 18.6. The molecule has 1 aromatic heterocycles. The number of carbonyl (C=O) groups is 1. The van der Waals surface area contributed by atoms with Crippen molar-refractivity contribution in [3.05, 3.63) is 46.8 Å². The largest absolute Gasteiger partial charge is 0.374 e. The normalized spacial score (nSPS) is 22.3. The minimum absolute atomic E-state index is 0.171. The number of aromatic nitrogens is 2. The second-order valence-electron chi connectivity index (χ2n) is 7.82. The van der Waals surface area contributed by atoms with Crippen LogP contribution >= 0.6 is 0 Å². The van der Waals surface area contributed by atoms with Crippen molar-refractivity contribution in [2.75, 3.05) is 11.9 Å². The van der Waals surface area contributed by atoms with Crippen molar-refractivity contribution in [2.24, 2.45) is 5.92 Å². The van der Waals surface area contributed by atoms with Crippen molar-refractivity contribution in [1.82, 2.24) is 15.5 Å². The molecule has 1 amide bonds. The molecule has 1 aliphatic carbocycles. The van der Waals surface area contributed by atoms with E-state index >= 15 is 0 Å². The summed E-state index contributed by atoms with van der Waals surface area (Å²) >= 11 is 0. The molecule has 144 valence electrons. The van der Waals surface area contributed by atoms with Crippen LogP contribution in [0.2, 0.25) is 0 Å². The lowest BCUT2D eigenvalue weighted by molar-refractivity contribution is 0.00468. The summed E-state index contributed by atoms with van der Waals surface area (Å²) in [5, 5.41) is 13.5. The van der Waals surface area contributed by atoms with Gasteiger partial charge in [-0.2, -0.15) is 5.10 Å². The van der Waals surface area contributed by atoms with E-state index in [-0.39, 0.29) is 5.91 Å². The smallest absolute Gasteiger partial charge is 0.276 e. The third-order valence-corrected chi connectivity index (χ3v) is 5.58. The van der Waals surface area contributed by atoms with Crippen molar-refractivity contribution in [1.29, 1.82) is 0 Å². The number of hydrogen-bond donors (Lipinski definition) is 3. The molecule has 2 heterocycles. The molecule has 3 N–H and O–H groups in total. The summed E-state index contributed by atoms with van der Waals surface area (Å²) in [4.78, 5) is 12.6. The van der Waals surface area contributed by atoms with Crippen LogP contribution in [0.25, 0.3) is 0 Å². The van der Waals surface area contributed by atoms with E-state index in [4.69, 9.17) is 4.74 Å². The number of aromatic amines is 1. The standard InChI is InChI=1S/C21H28N4O2/c1-14-4-2-7-17(10-14)27-13-15-5-3-6-16(11-15)23-21(26)20-18-12-22-9-8-19(18)24-25-20/h3,5-6,11,14,17,22H,2,4,7-10,12-13H2,1H3,(H,23,26)(H,24,25). The number of hydrogen-bond acceptors (Lipinski definition) is 4. The number of nitrogens with zero attached hydrogens (tertiary/aromatic N) is 1. The molecule has 0 spiro atoms. The van der Waals surface area contributed by atoms with Crippen LogP contribution in [-0.4, -0.2) is 28.8 Å². The van der Waals surface area contributed by atoms with Gasteiger partial charge < -0.3 is 15.4 Å². The van der Waals surface area contributed by atoms with E-state index in [1.807, 2.05) is 24.3 Å². The van der Waals surface area contributed by atoms with Crippen LogP contribution in [-0.2, 0) is 24.3 Å². The van der Waals surface area contributed by atoms with Gasteiger partial charge in [-0.25, -0.2) is 0 Å². The van der Waals surface area contributed by atoms with Gasteiger partial charge in [-0.1, -0.05) is 31.9 Å². The number of rotatable bonds is 5. The highest BCUT2D eigenvalue weighted by atomic mass is 16.5. The van der Waals surface area contributed by atoms with Gasteiger partial charge in [0.15, 0.2) is 5.69 Å². The molecule has 6 nitrogen and oxygen atoms in total. The first-order chi connectivity index (χ1) is 13.2. The maximum atomic E-state index is 12.6. The number of anilines is 1. The third kappa shape index (κ3) is 4.39. The van der Waals surface area contributed by atoms with Crippen molar-refractivity contribution < 1.29 is 9.53 Å². The highest BCUT2D eigenvalue weighted by molar-refractivity contribution is 6.04. The van der Waals surface area contributed by atoms with Gasteiger partial charge >= 0.3 is 0 Å². The topological polar surface area (TPSA) is 79.0 Å². The summed E-state index contributed by atoms with van der Waals surface area (Å²) < 4.78 is 6.11. The maximum absolute atomic E-state index is 12.6. The molecule has 4 rings (SSSR count). The molecule has 2 aliphatic rings. The highest BCUT2D eigenvalue weighted by Crippen LogP contribution is 2.26. The summed E-state index contributed by atoms with van der Waals surface area (Å²) in [6.07, 6.45) is 6.10. The fourth-order valence-corrected chi connectivity index (χ4v) is 4.09. The minimum atomic E-state index is -0.171. The summed E-state index contributed by atoms with van der Waals surface area (Å²) in [5.74, 6) is 0.582. The average Bonchev–Trinajstić information content (AvgIpc) is 3.11. The van der Waals surface area contributed by atoms with Gasteiger partial charge in [-0.15, -0.1) is 0 Å². The van der Waals surface area contributed by atoms with Crippen LogP contribution in [0, 0.1) is 5.92 Å². The molecular weight excluding hydrogens is 340 g/mol. The SMILES string of the molecule is CC1CCCC(OCc2cccc(NC(=O)c3n[nH]c4c3CNCC4)c2)C1. The van der Waals surface area contributed by atoms with E-state index in [1.165, 1.54) is 12.8 Å². The molecule has 0 bridgehead atoms. The lowest BCUT2D eigenvalue weighted by atomic mass is 9.89. The Morgan fingerprint density at radius 1 is 1.37 bits per heavy atom. The Labute approximate surface area is 160 Å². The number of benzene rings is 1. The van der Waals surface area contributed by atoms with Gasteiger partial charge in [0, 0.05) is 36.5 Å². The van der Waals surface area contributed by atoms with E-state index in [2.05, 4.69) is 27.8 Å². The minimum Gasteiger partial charge on any atom is -0.374 e. The molecule has 27 heavy (non-hydrogen) atoms. The number of nitrogens with one attached hydrogen (secondary N) is 3. The summed E-state index contributed by atoms with van der Waals surface area (Å²) in [6, 6.07) is 7.89. The van der Waals surface area contributed by atoms with Crippen LogP contribution in [0.3, 0.4) is 0 Å². The van der Waals surface area contributed by atoms with Crippen molar-refractivity contribution in [2.45, 2.75) is 58.3 Å². The fourth-order valence-electron chi connectivity index (χ4n) is 4.09. The maximum Gasteiger partial charge on any atom is 0.276 e. The average molecular weight is 368 g/mol. The zero-order valence-corrected chi connectivity index (χ0v) is 15.9. The molecule has 0 radical (unpaired) electrons. The molecule has 2 unspecified atom stereocenters. The number of fused-ring (bicyclic) bond motifs is 1. The predicted molar refractivity (Wildman–Crippen MR) is 105 cm³/mol. The van der Waals surface area contributed by atoms with Crippen LogP contribution < -0.4 is 10.6 Å². The second kappa shape index (κ2) is 8.23. The van der Waals surface area contributed by atoms with Gasteiger partial charge in [-0.05, 0) is 36.5 Å².